The third kappa shape index (κ3) is 4.84. The molecule has 1 aromatic heterocycles. The number of rotatable bonds is 6. The number of hydrogen-bond donors (Lipinski definition) is 0. The predicted octanol–water partition coefficient (Wildman–Crippen LogP) is 4.62. The van der Waals surface area contributed by atoms with Crippen molar-refractivity contribution >= 4 is 46.2 Å². The summed E-state index contributed by atoms with van der Waals surface area (Å²) in [6.45, 7) is 0.0875. The summed E-state index contributed by atoms with van der Waals surface area (Å²) in [7, 11) is 1.67. The lowest BCUT2D eigenvalue weighted by molar-refractivity contribution is -0.133. The van der Waals surface area contributed by atoms with Gasteiger partial charge in [-0.05, 0) is 48.2 Å². The number of esters is 1. The predicted molar refractivity (Wildman–Crippen MR) is 106 cm³/mol. The van der Waals surface area contributed by atoms with Crippen LogP contribution in [-0.4, -0.2) is 36.7 Å². The van der Waals surface area contributed by atoms with E-state index in [-0.39, 0.29) is 18.3 Å². The Morgan fingerprint density at radius 1 is 1.15 bits per heavy atom. The molecule has 1 heterocycles. The van der Waals surface area contributed by atoms with Crippen molar-refractivity contribution in [3.63, 3.8) is 0 Å². The van der Waals surface area contributed by atoms with Crippen LogP contribution in [0.15, 0.2) is 57.8 Å². The van der Waals surface area contributed by atoms with E-state index in [9.17, 15) is 9.59 Å². The summed E-state index contributed by atoms with van der Waals surface area (Å²) in [5.41, 5.74) is 1.53. The van der Waals surface area contributed by atoms with E-state index in [0.29, 0.717) is 22.5 Å². The minimum atomic E-state index is -0.687. The lowest BCUT2D eigenvalue weighted by atomic mass is 10.2. The summed E-state index contributed by atoms with van der Waals surface area (Å²) in [4.78, 5) is 27.0. The molecule has 0 bridgehead atoms. The van der Waals surface area contributed by atoms with Gasteiger partial charge in [-0.15, -0.1) is 11.8 Å². The molecule has 1 amide bonds. The molecule has 0 saturated heterocycles. The molecule has 3 aromatic rings. The minimum Gasteiger partial charge on any atom is -0.450 e. The number of amides is 1. The van der Waals surface area contributed by atoms with Crippen molar-refractivity contribution in [2.75, 3.05) is 19.9 Å². The Kier molecular flexibility index (Phi) is 6.08. The molecule has 0 atom stereocenters. The van der Waals surface area contributed by atoms with Crippen molar-refractivity contribution in [3.8, 4) is 0 Å². The lowest BCUT2D eigenvalue weighted by Crippen LogP contribution is -2.30. The van der Waals surface area contributed by atoms with Crippen LogP contribution in [0.1, 0.15) is 16.1 Å². The van der Waals surface area contributed by atoms with Crippen LogP contribution in [-0.2, 0) is 16.1 Å². The summed E-state index contributed by atoms with van der Waals surface area (Å²) >= 11 is 7.58. The highest BCUT2D eigenvalue weighted by Crippen LogP contribution is 2.23. The van der Waals surface area contributed by atoms with Crippen LogP contribution in [0.3, 0.4) is 0 Å². The molecule has 0 saturated carbocycles. The van der Waals surface area contributed by atoms with Crippen molar-refractivity contribution in [2.24, 2.45) is 0 Å². The molecule has 0 aliphatic rings. The van der Waals surface area contributed by atoms with Gasteiger partial charge >= 0.3 is 5.97 Å². The van der Waals surface area contributed by atoms with Gasteiger partial charge in [0.25, 0.3) is 5.91 Å². The highest BCUT2D eigenvalue weighted by atomic mass is 35.5. The second kappa shape index (κ2) is 8.50. The fraction of sp³-hybridized carbons (Fsp3) is 0.200. The summed E-state index contributed by atoms with van der Waals surface area (Å²) in [5, 5.41) is 1.25. The van der Waals surface area contributed by atoms with Gasteiger partial charge in [0, 0.05) is 28.9 Å². The molecule has 5 nitrogen and oxygen atoms in total. The molecule has 7 heteroatoms. The topological polar surface area (TPSA) is 59.8 Å². The number of carbonyl (C=O) groups is 2. The molecule has 0 aliphatic heterocycles. The number of likely N-dealkylation sites (N-methyl/N-ethyl adjacent to an activating group) is 1. The SMILES string of the molecule is CSc1ccc(CN(C)C(=O)COC(=O)c2cc3cc(Cl)ccc3o2)cc1. The van der Waals surface area contributed by atoms with Crippen LogP contribution in [0.25, 0.3) is 11.0 Å². The lowest BCUT2D eigenvalue weighted by Gasteiger charge is -2.17. The van der Waals surface area contributed by atoms with Crippen LogP contribution in [0.5, 0.6) is 0 Å². The van der Waals surface area contributed by atoms with Crippen LogP contribution < -0.4 is 0 Å². The highest BCUT2D eigenvalue weighted by molar-refractivity contribution is 7.98. The Morgan fingerprint density at radius 2 is 1.89 bits per heavy atom. The monoisotopic (exact) mass is 403 g/mol. The van der Waals surface area contributed by atoms with Gasteiger partial charge in [-0.1, -0.05) is 23.7 Å². The van der Waals surface area contributed by atoms with Crippen LogP contribution >= 0.6 is 23.4 Å². The standard InChI is InChI=1S/C20H18ClNO4S/c1-22(11-13-3-6-16(27-2)7-4-13)19(23)12-25-20(24)18-10-14-9-15(21)5-8-17(14)26-18/h3-10H,11-12H2,1-2H3. The number of ether oxygens (including phenoxy) is 1. The Labute approximate surface area is 166 Å². The van der Waals surface area contributed by atoms with Gasteiger partial charge in [0.05, 0.1) is 0 Å². The fourth-order valence-corrected chi connectivity index (χ4v) is 3.11. The van der Waals surface area contributed by atoms with E-state index in [1.165, 1.54) is 4.90 Å². The summed E-state index contributed by atoms with van der Waals surface area (Å²) in [6.07, 6.45) is 2.01. The molecule has 140 valence electrons. The summed E-state index contributed by atoms with van der Waals surface area (Å²) < 4.78 is 10.5. The summed E-state index contributed by atoms with van der Waals surface area (Å²) in [6, 6.07) is 14.5. The minimum absolute atomic E-state index is 0.0374. The maximum absolute atomic E-state index is 12.2. The number of benzene rings is 2. The van der Waals surface area contributed by atoms with Gasteiger partial charge in [0.2, 0.25) is 5.76 Å². The van der Waals surface area contributed by atoms with Gasteiger partial charge in [0.1, 0.15) is 5.58 Å². The van der Waals surface area contributed by atoms with Crippen LogP contribution in [0.2, 0.25) is 5.02 Å². The Bertz CT molecular complexity index is 968. The maximum atomic E-state index is 12.2. The number of nitrogens with zero attached hydrogens (tertiary/aromatic N) is 1. The molecule has 0 unspecified atom stereocenters. The molecule has 0 N–H and O–H groups in total. The number of fused-ring (bicyclic) bond motifs is 1. The average molecular weight is 404 g/mol. The molecule has 0 fully saturated rings. The van der Waals surface area contributed by atoms with E-state index >= 15 is 0 Å². The molecule has 2 aromatic carbocycles. The Hall–Kier alpha value is -2.44. The van der Waals surface area contributed by atoms with Crippen LogP contribution in [0.4, 0.5) is 0 Å². The smallest absolute Gasteiger partial charge is 0.374 e. The first-order chi connectivity index (χ1) is 13.0. The highest BCUT2D eigenvalue weighted by Gasteiger charge is 2.17. The quantitative estimate of drug-likeness (QED) is 0.444. The van der Waals surface area contributed by atoms with Crippen molar-refractivity contribution in [1.82, 2.24) is 4.90 Å². The molecule has 3 rings (SSSR count). The molecular formula is C20H18ClNO4S. The Balaban J connectivity index is 1.55. The van der Waals surface area contributed by atoms with E-state index in [1.54, 1.807) is 43.1 Å². The van der Waals surface area contributed by atoms with E-state index < -0.39 is 5.97 Å². The zero-order valence-electron chi connectivity index (χ0n) is 14.9. The first-order valence-electron chi connectivity index (χ1n) is 8.19. The van der Waals surface area contributed by atoms with Crippen LogP contribution in [0, 0.1) is 0 Å². The molecule has 27 heavy (non-hydrogen) atoms. The van der Waals surface area contributed by atoms with Crippen molar-refractivity contribution < 1.29 is 18.7 Å². The molecule has 0 aliphatic carbocycles. The zero-order valence-corrected chi connectivity index (χ0v) is 16.5. The first-order valence-corrected chi connectivity index (χ1v) is 9.79. The van der Waals surface area contributed by atoms with Gasteiger partial charge in [-0.3, -0.25) is 4.79 Å². The van der Waals surface area contributed by atoms with Crippen molar-refractivity contribution in [2.45, 2.75) is 11.4 Å². The van der Waals surface area contributed by atoms with E-state index in [2.05, 4.69) is 0 Å². The fourth-order valence-electron chi connectivity index (χ4n) is 2.52. The second-order valence-electron chi connectivity index (χ2n) is 5.97. The third-order valence-electron chi connectivity index (χ3n) is 4.01. The third-order valence-corrected chi connectivity index (χ3v) is 4.99. The molecule has 0 radical (unpaired) electrons. The van der Waals surface area contributed by atoms with Crippen molar-refractivity contribution in [3.05, 3.63) is 64.9 Å². The van der Waals surface area contributed by atoms with E-state index in [1.807, 2.05) is 30.5 Å². The van der Waals surface area contributed by atoms with Gasteiger partial charge < -0.3 is 14.1 Å². The average Bonchev–Trinajstić information content (AvgIpc) is 3.09. The number of hydrogen-bond acceptors (Lipinski definition) is 5. The largest absolute Gasteiger partial charge is 0.450 e. The number of furan rings is 1. The van der Waals surface area contributed by atoms with Gasteiger partial charge in [0.15, 0.2) is 6.61 Å². The summed E-state index contributed by atoms with van der Waals surface area (Å²) in [5.74, 6) is -0.944. The number of carbonyl (C=O) groups excluding carboxylic acids is 2. The molecule has 0 spiro atoms. The van der Waals surface area contributed by atoms with Crippen molar-refractivity contribution in [1.29, 1.82) is 0 Å². The molecular weight excluding hydrogens is 386 g/mol. The van der Waals surface area contributed by atoms with E-state index in [4.69, 9.17) is 20.8 Å². The van der Waals surface area contributed by atoms with Gasteiger partial charge in [-0.25, -0.2) is 4.79 Å². The first kappa shape index (κ1) is 19.3. The maximum Gasteiger partial charge on any atom is 0.374 e. The normalized spacial score (nSPS) is 10.8. The Morgan fingerprint density at radius 3 is 2.59 bits per heavy atom. The number of halogens is 1. The zero-order chi connectivity index (χ0) is 19.4. The van der Waals surface area contributed by atoms with Gasteiger partial charge in [-0.2, -0.15) is 0 Å². The van der Waals surface area contributed by atoms with E-state index in [0.717, 1.165) is 10.5 Å². The second-order valence-corrected chi connectivity index (χ2v) is 7.28. The number of thioether (sulfide) groups is 1.